The molecule has 0 amide bonds. The van der Waals surface area contributed by atoms with E-state index in [2.05, 4.69) is 0 Å². The van der Waals surface area contributed by atoms with E-state index in [0.29, 0.717) is 0 Å². The third-order valence-corrected chi connectivity index (χ3v) is 5.02. The standard InChI is InChI=1S/C19H18O3S/c20-16(14-23(21)17-9-2-1-3-10-17)13-22-19-12-6-8-15-7-4-5-11-18(15)19/h1-12,16,20H,13-14H2. The zero-order valence-electron chi connectivity index (χ0n) is 12.6. The Kier molecular flexibility index (Phi) is 5.05. The van der Waals surface area contributed by atoms with Crippen LogP contribution < -0.4 is 4.74 Å². The van der Waals surface area contributed by atoms with Gasteiger partial charge >= 0.3 is 0 Å². The van der Waals surface area contributed by atoms with E-state index in [4.69, 9.17) is 4.74 Å². The van der Waals surface area contributed by atoms with Crippen molar-refractivity contribution in [3.63, 3.8) is 0 Å². The van der Waals surface area contributed by atoms with E-state index in [1.807, 2.05) is 60.7 Å². The van der Waals surface area contributed by atoms with Gasteiger partial charge in [-0.2, -0.15) is 0 Å². The molecule has 0 saturated heterocycles. The molecule has 3 rings (SSSR count). The van der Waals surface area contributed by atoms with Crippen molar-refractivity contribution in [2.75, 3.05) is 12.4 Å². The van der Waals surface area contributed by atoms with Gasteiger partial charge in [-0.25, -0.2) is 0 Å². The monoisotopic (exact) mass is 326 g/mol. The van der Waals surface area contributed by atoms with Crippen molar-refractivity contribution in [1.82, 2.24) is 0 Å². The number of benzene rings is 3. The van der Waals surface area contributed by atoms with Crippen molar-refractivity contribution in [3.05, 3.63) is 72.8 Å². The lowest BCUT2D eigenvalue weighted by molar-refractivity contribution is 0.126. The number of fused-ring (bicyclic) bond motifs is 1. The molecule has 0 bridgehead atoms. The van der Waals surface area contributed by atoms with Crippen LogP contribution >= 0.6 is 0 Å². The molecule has 0 radical (unpaired) electrons. The number of rotatable bonds is 6. The fourth-order valence-corrected chi connectivity index (χ4v) is 3.50. The molecule has 0 aromatic heterocycles. The molecule has 0 aliphatic heterocycles. The van der Waals surface area contributed by atoms with Crippen LogP contribution in [0.4, 0.5) is 0 Å². The van der Waals surface area contributed by atoms with Gasteiger partial charge in [0.05, 0.1) is 22.7 Å². The lowest BCUT2D eigenvalue weighted by Crippen LogP contribution is -2.24. The average Bonchev–Trinajstić information content (AvgIpc) is 2.60. The summed E-state index contributed by atoms with van der Waals surface area (Å²) in [4.78, 5) is 0.719. The maximum Gasteiger partial charge on any atom is 0.127 e. The molecular weight excluding hydrogens is 308 g/mol. The summed E-state index contributed by atoms with van der Waals surface area (Å²) < 4.78 is 17.9. The minimum Gasteiger partial charge on any atom is -0.490 e. The van der Waals surface area contributed by atoms with Gasteiger partial charge in [-0.1, -0.05) is 54.6 Å². The second-order valence-corrected chi connectivity index (χ2v) is 6.76. The highest BCUT2D eigenvalue weighted by Gasteiger charge is 2.12. The maximum atomic E-state index is 12.2. The number of ether oxygens (including phenoxy) is 1. The van der Waals surface area contributed by atoms with Crippen LogP contribution in [0, 0.1) is 0 Å². The van der Waals surface area contributed by atoms with Crippen LogP contribution in [-0.2, 0) is 10.8 Å². The Morgan fingerprint density at radius 2 is 1.61 bits per heavy atom. The molecule has 3 aromatic carbocycles. The maximum absolute atomic E-state index is 12.2. The van der Waals surface area contributed by atoms with Gasteiger partial charge in [-0.05, 0) is 23.6 Å². The van der Waals surface area contributed by atoms with E-state index < -0.39 is 16.9 Å². The molecule has 2 unspecified atom stereocenters. The largest absolute Gasteiger partial charge is 0.490 e. The molecule has 0 fully saturated rings. The van der Waals surface area contributed by atoms with Gasteiger partial charge in [0.2, 0.25) is 0 Å². The summed E-state index contributed by atoms with van der Waals surface area (Å²) >= 11 is 0. The molecular formula is C19H18O3S. The van der Waals surface area contributed by atoms with Gasteiger partial charge in [0.15, 0.2) is 0 Å². The summed E-state index contributed by atoms with van der Waals surface area (Å²) in [6.07, 6.45) is -0.782. The highest BCUT2D eigenvalue weighted by atomic mass is 32.2. The molecule has 0 aliphatic rings. The van der Waals surface area contributed by atoms with Crippen molar-refractivity contribution >= 4 is 21.6 Å². The molecule has 4 heteroatoms. The van der Waals surface area contributed by atoms with Crippen molar-refractivity contribution in [3.8, 4) is 5.75 Å². The third kappa shape index (κ3) is 3.97. The molecule has 0 spiro atoms. The molecule has 1 N–H and O–H groups in total. The Hall–Kier alpha value is -2.17. The number of hydrogen-bond donors (Lipinski definition) is 1. The van der Waals surface area contributed by atoms with Crippen LogP contribution in [0.3, 0.4) is 0 Å². The van der Waals surface area contributed by atoms with E-state index in [0.717, 1.165) is 21.4 Å². The normalized spacial score (nSPS) is 13.6. The molecule has 0 heterocycles. The third-order valence-electron chi connectivity index (χ3n) is 3.53. The average molecular weight is 326 g/mol. The zero-order chi connectivity index (χ0) is 16.1. The fourth-order valence-electron chi connectivity index (χ4n) is 2.40. The summed E-state index contributed by atoms with van der Waals surface area (Å²) in [5.41, 5.74) is 0. The smallest absolute Gasteiger partial charge is 0.127 e. The van der Waals surface area contributed by atoms with Crippen molar-refractivity contribution in [2.45, 2.75) is 11.0 Å². The molecule has 0 saturated carbocycles. The predicted molar refractivity (Wildman–Crippen MR) is 93.2 cm³/mol. The van der Waals surface area contributed by atoms with E-state index >= 15 is 0 Å². The van der Waals surface area contributed by atoms with Crippen LogP contribution in [0.5, 0.6) is 5.75 Å². The zero-order valence-corrected chi connectivity index (χ0v) is 13.4. The van der Waals surface area contributed by atoms with E-state index in [1.165, 1.54) is 0 Å². The lowest BCUT2D eigenvalue weighted by Gasteiger charge is -2.13. The van der Waals surface area contributed by atoms with E-state index in [9.17, 15) is 9.32 Å². The van der Waals surface area contributed by atoms with Crippen LogP contribution in [0.1, 0.15) is 0 Å². The van der Waals surface area contributed by atoms with Crippen LogP contribution in [0.25, 0.3) is 10.8 Å². The van der Waals surface area contributed by atoms with Gasteiger partial charge in [0.25, 0.3) is 0 Å². The molecule has 3 nitrogen and oxygen atoms in total. The van der Waals surface area contributed by atoms with Gasteiger partial charge < -0.3 is 9.84 Å². The predicted octanol–water partition coefficient (Wildman–Crippen LogP) is 3.39. The van der Waals surface area contributed by atoms with E-state index in [-0.39, 0.29) is 12.4 Å². The summed E-state index contributed by atoms with van der Waals surface area (Å²) in [6.45, 7) is 0.118. The van der Waals surface area contributed by atoms with Crippen molar-refractivity contribution in [2.24, 2.45) is 0 Å². The number of aliphatic hydroxyl groups excluding tert-OH is 1. The summed E-state index contributed by atoms with van der Waals surface area (Å²) in [5.74, 6) is 0.891. The quantitative estimate of drug-likeness (QED) is 0.755. The van der Waals surface area contributed by atoms with Crippen molar-refractivity contribution < 1.29 is 14.1 Å². The van der Waals surface area contributed by atoms with Crippen LogP contribution in [-0.4, -0.2) is 27.8 Å². The molecule has 0 aliphatic carbocycles. The summed E-state index contributed by atoms with van der Waals surface area (Å²) in [6, 6.07) is 22.9. The topological polar surface area (TPSA) is 46.5 Å². The van der Waals surface area contributed by atoms with Crippen molar-refractivity contribution in [1.29, 1.82) is 0 Å². The summed E-state index contributed by atoms with van der Waals surface area (Å²) in [7, 11) is -1.23. The fraction of sp³-hybridized carbons (Fsp3) is 0.158. The molecule has 118 valence electrons. The highest BCUT2D eigenvalue weighted by molar-refractivity contribution is 7.85. The Bertz CT molecular complexity index is 797. The first kappa shape index (κ1) is 15.7. The first-order valence-corrected chi connectivity index (χ1v) is 8.78. The van der Waals surface area contributed by atoms with Gasteiger partial charge in [0.1, 0.15) is 12.4 Å². The Labute approximate surface area is 138 Å². The Morgan fingerprint density at radius 1 is 0.913 bits per heavy atom. The first-order valence-electron chi connectivity index (χ1n) is 7.46. The minimum atomic E-state index is -1.23. The summed E-state index contributed by atoms with van der Waals surface area (Å²) in [5, 5.41) is 12.2. The molecule has 23 heavy (non-hydrogen) atoms. The molecule has 2 atom stereocenters. The van der Waals surface area contributed by atoms with E-state index in [1.54, 1.807) is 12.1 Å². The SMILES string of the molecule is O=S(CC(O)COc1cccc2ccccc12)c1ccccc1. The molecule has 3 aromatic rings. The Balaban J connectivity index is 1.62. The van der Waals surface area contributed by atoms with Gasteiger partial charge in [-0.3, -0.25) is 4.21 Å². The van der Waals surface area contributed by atoms with Crippen LogP contribution in [0.2, 0.25) is 0 Å². The minimum absolute atomic E-state index is 0.118. The number of hydrogen-bond acceptors (Lipinski definition) is 3. The Morgan fingerprint density at radius 3 is 2.43 bits per heavy atom. The second-order valence-electron chi connectivity index (χ2n) is 5.27. The lowest BCUT2D eigenvalue weighted by atomic mass is 10.1. The van der Waals surface area contributed by atoms with Gasteiger partial charge in [0, 0.05) is 10.3 Å². The number of aliphatic hydroxyl groups is 1. The van der Waals surface area contributed by atoms with Crippen LogP contribution in [0.15, 0.2) is 77.7 Å². The first-order chi connectivity index (χ1) is 11.2. The van der Waals surface area contributed by atoms with Gasteiger partial charge in [-0.15, -0.1) is 0 Å². The highest BCUT2D eigenvalue weighted by Crippen LogP contribution is 2.25. The second kappa shape index (κ2) is 7.40.